The van der Waals surface area contributed by atoms with E-state index < -0.39 is 16.1 Å². The number of hydrogen-bond acceptors (Lipinski definition) is 4. The van der Waals surface area contributed by atoms with Crippen LogP contribution in [-0.2, 0) is 20.2 Å². The highest BCUT2D eigenvalue weighted by molar-refractivity contribution is 7.92. The number of ether oxygens (including phenoxy) is 1. The molecular formula is C24H34N2O4S. The van der Waals surface area contributed by atoms with E-state index in [1.165, 1.54) is 12.7 Å². The number of hydrogen-bond donors (Lipinski definition) is 1. The molecule has 0 aliphatic carbocycles. The molecule has 0 saturated carbocycles. The molecule has 1 N–H and O–H groups in total. The summed E-state index contributed by atoms with van der Waals surface area (Å²) in [5.74, 6) is 0.00266. The molecule has 6 nitrogen and oxygen atoms in total. The number of carbonyl (C=O) groups is 1. The zero-order valence-corrected chi connectivity index (χ0v) is 20.5. The predicted octanol–water partition coefficient (Wildman–Crippen LogP) is 4.33. The number of carbonyl (C=O) groups excluding carboxylic acids is 1. The minimum Gasteiger partial charge on any atom is -0.495 e. The fourth-order valence-electron chi connectivity index (χ4n) is 3.44. The number of methoxy groups -OCH3 is 1. The van der Waals surface area contributed by atoms with Gasteiger partial charge in [0.15, 0.2) is 0 Å². The smallest absolute Gasteiger partial charge is 0.244 e. The first-order valence-electron chi connectivity index (χ1n) is 10.3. The molecule has 0 fully saturated rings. The Hall–Kier alpha value is -2.54. The summed E-state index contributed by atoms with van der Waals surface area (Å²) in [5.41, 5.74) is 3.41. The van der Waals surface area contributed by atoms with Gasteiger partial charge in [0, 0.05) is 0 Å². The fraction of sp³-hybridized carbons (Fsp3) is 0.458. The van der Waals surface area contributed by atoms with Crippen molar-refractivity contribution in [2.45, 2.75) is 59.0 Å². The topological polar surface area (TPSA) is 75.7 Å². The lowest BCUT2D eigenvalue weighted by Crippen LogP contribution is -2.48. The molecule has 0 saturated heterocycles. The lowest BCUT2D eigenvalue weighted by atomic mass is 9.86. The maximum absolute atomic E-state index is 13.0. The van der Waals surface area contributed by atoms with Gasteiger partial charge in [-0.1, -0.05) is 51.1 Å². The maximum atomic E-state index is 13.0. The van der Waals surface area contributed by atoms with Crippen LogP contribution in [0.25, 0.3) is 0 Å². The Kier molecular flexibility index (Phi) is 7.42. The third-order valence-corrected chi connectivity index (χ3v) is 6.52. The molecule has 2 unspecified atom stereocenters. The Balaban J connectivity index is 2.29. The molecule has 2 rings (SSSR count). The van der Waals surface area contributed by atoms with Crippen LogP contribution < -0.4 is 14.4 Å². The quantitative estimate of drug-likeness (QED) is 0.687. The Morgan fingerprint density at radius 2 is 1.65 bits per heavy atom. The Morgan fingerprint density at radius 3 is 2.13 bits per heavy atom. The van der Waals surface area contributed by atoms with Gasteiger partial charge in [0.05, 0.1) is 25.1 Å². The van der Waals surface area contributed by atoms with Crippen LogP contribution in [0.5, 0.6) is 5.75 Å². The normalized spacial score (nSPS) is 13.9. The molecule has 0 heterocycles. The summed E-state index contributed by atoms with van der Waals surface area (Å²) in [4.78, 5) is 13.0. The highest BCUT2D eigenvalue weighted by Crippen LogP contribution is 2.33. The number of anilines is 1. The minimum atomic E-state index is -3.74. The molecule has 1 amide bonds. The number of nitrogens with zero attached hydrogens (tertiary/aromatic N) is 1. The SMILES string of the molecule is COc1ccc(C)cc1N(C(C)C(=O)NC(C)c1ccc(C(C)(C)C)cc1)S(C)(=O)=O. The molecular weight excluding hydrogens is 412 g/mol. The van der Waals surface area contributed by atoms with Gasteiger partial charge in [-0.25, -0.2) is 8.42 Å². The van der Waals surface area contributed by atoms with Crippen molar-refractivity contribution in [3.63, 3.8) is 0 Å². The molecule has 2 aromatic rings. The van der Waals surface area contributed by atoms with Gasteiger partial charge in [-0.2, -0.15) is 0 Å². The summed E-state index contributed by atoms with van der Waals surface area (Å²) in [6, 6.07) is 12.1. The zero-order valence-electron chi connectivity index (χ0n) is 19.7. The molecule has 2 atom stereocenters. The number of sulfonamides is 1. The molecule has 0 aliphatic heterocycles. The Labute approximate surface area is 186 Å². The average molecular weight is 447 g/mol. The third-order valence-electron chi connectivity index (χ3n) is 5.30. The second-order valence-electron chi connectivity index (χ2n) is 9.01. The van der Waals surface area contributed by atoms with Gasteiger partial charge in [-0.3, -0.25) is 9.10 Å². The van der Waals surface area contributed by atoms with E-state index in [1.54, 1.807) is 19.1 Å². The lowest BCUT2D eigenvalue weighted by molar-refractivity contribution is -0.122. The van der Waals surface area contributed by atoms with E-state index in [0.717, 1.165) is 21.7 Å². The monoisotopic (exact) mass is 446 g/mol. The summed E-state index contributed by atoms with van der Waals surface area (Å²) in [6.07, 6.45) is 1.09. The number of amides is 1. The molecule has 0 aromatic heterocycles. The summed E-state index contributed by atoms with van der Waals surface area (Å²) < 4.78 is 31.7. The first kappa shape index (κ1) is 24.7. The van der Waals surface area contributed by atoms with Crippen molar-refractivity contribution in [1.82, 2.24) is 5.32 Å². The van der Waals surface area contributed by atoms with Crippen LogP contribution in [0.4, 0.5) is 5.69 Å². The Bertz CT molecular complexity index is 1020. The van der Waals surface area contributed by atoms with E-state index in [0.29, 0.717) is 11.4 Å². The third kappa shape index (κ3) is 6.00. The largest absolute Gasteiger partial charge is 0.495 e. The van der Waals surface area contributed by atoms with Crippen LogP contribution >= 0.6 is 0 Å². The van der Waals surface area contributed by atoms with Crippen LogP contribution in [0.3, 0.4) is 0 Å². The minimum absolute atomic E-state index is 0.0440. The van der Waals surface area contributed by atoms with E-state index in [9.17, 15) is 13.2 Å². The van der Waals surface area contributed by atoms with Gasteiger partial charge in [-0.05, 0) is 55.0 Å². The second kappa shape index (κ2) is 9.30. The first-order valence-corrected chi connectivity index (χ1v) is 12.2. The van der Waals surface area contributed by atoms with E-state index in [1.807, 2.05) is 32.0 Å². The van der Waals surface area contributed by atoms with Crippen molar-refractivity contribution >= 4 is 21.6 Å². The fourth-order valence-corrected chi connectivity index (χ4v) is 4.61. The van der Waals surface area contributed by atoms with Crippen molar-refractivity contribution in [2.75, 3.05) is 17.7 Å². The van der Waals surface area contributed by atoms with E-state index in [2.05, 4.69) is 38.2 Å². The number of benzene rings is 2. The summed E-state index contributed by atoms with van der Waals surface area (Å²) in [7, 11) is -2.27. The van der Waals surface area contributed by atoms with Crippen LogP contribution in [-0.4, -0.2) is 33.7 Å². The molecule has 7 heteroatoms. The predicted molar refractivity (Wildman–Crippen MR) is 126 cm³/mol. The summed E-state index contributed by atoms with van der Waals surface area (Å²) in [5, 5.41) is 2.94. The zero-order chi connectivity index (χ0) is 23.6. The van der Waals surface area contributed by atoms with Crippen molar-refractivity contribution in [3.05, 3.63) is 59.2 Å². The number of nitrogens with one attached hydrogen (secondary N) is 1. The van der Waals surface area contributed by atoms with Gasteiger partial charge in [0.2, 0.25) is 15.9 Å². The highest BCUT2D eigenvalue weighted by atomic mass is 32.2. The van der Waals surface area contributed by atoms with E-state index in [4.69, 9.17) is 4.74 Å². The molecule has 0 aliphatic rings. The van der Waals surface area contributed by atoms with Crippen LogP contribution in [0.15, 0.2) is 42.5 Å². The number of rotatable bonds is 7. The highest BCUT2D eigenvalue weighted by Gasteiger charge is 2.32. The Morgan fingerprint density at radius 1 is 1.06 bits per heavy atom. The average Bonchev–Trinajstić information content (AvgIpc) is 2.66. The van der Waals surface area contributed by atoms with Crippen molar-refractivity contribution in [1.29, 1.82) is 0 Å². The van der Waals surface area contributed by atoms with Gasteiger partial charge < -0.3 is 10.1 Å². The first-order chi connectivity index (χ1) is 14.3. The molecule has 170 valence electrons. The van der Waals surface area contributed by atoms with E-state index in [-0.39, 0.29) is 17.4 Å². The molecule has 0 spiro atoms. The van der Waals surface area contributed by atoms with Gasteiger partial charge in [0.1, 0.15) is 11.8 Å². The summed E-state index contributed by atoms with van der Waals surface area (Å²) in [6.45, 7) is 11.8. The molecule has 31 heavy (non-hydrogen) atoms. The lowest BCUT2D eigenvalue weighted by Gasteiger charge is -2.30. The van der Waals surface area contributed by atoms with Crippen LogP contribution in [0, 0.1) is 6.92 Å². The van der Waals surface area contributed by atoms with Crippen molar-refractivity contribution in [3.8, 4) is 5.75 Å². The molecule has 0 radical (unpaired) electrons. The van der Waals surface area contributed by atoms with E-state index >= 15 is 0 Å². The van der Waals surface area contributed by atoms with Crippen LogP contribution in [0.2, 0.25) is 0 Å². The van der Waals surface area contributed by atoms with Crippen molar-refractivity contribution < 1.29 is 17.9 Å². The van der Waals surface area contributed by atoms with Gasteiger partial charge in [0.25, 0.3) is 0 Å². The maximum Gasteiger partial charge on any atom is 0.244 e. The van der Waals surface area contributed by atoms with Crippen molar-refractivity contribution in [2.24, 2.45) is 0 Å². The van der Waals surface area contributed by atoms with Gasteiger partial charge >= 0.3 is 0 Å². The number of aryl methyl sites for hydroxylation is 1. The van der Waals surface area contributed by atoms with Gasteiger partial charge in [-0.15, -0.1) is 0 Å². The van der Waals surface area contributed by atoms with Crippen LogP contribution in [0.1, 0.15) is 57.4 Å². The molecule has 0 bridgehead atoms. The summed E-state index contributed by atoms with van der Waals surface area (Å²) >= 11 is 0. The standard InChI is InChI=1S/C24H34N2O4S/c1-16-9-14-22(30-7)21(15-16)26(31(8,28)29)18(3)23(27)25-17(2)19-10-12-20(13-11-19)24(4,5)6/h9-15,17-18H,1-8H3,(H,25,27). The molecule has 2 aromatic carbocycles. The second-order valence-corrected chi connectivity index (χ2v) is 10.9.